The quantitative estimate of drug-likeness (QED) is 0.249. The zero-order valence-corrected chi connectivity index (χ0v) is 14.1. The summed E-state index contributed by atoms with van der Waals surface area (Å²) in [6.07, 6.45) is 0. The van der Waals surface area contributed by atoms with E-state index in [9.17, 15) is 4.79 Å². The van der Waals surface area contributed by atoms with Gasteiger partial charge in [-0.15, -0.1) is 22.7 Å². The van der Waals surface area contributed by atoms with Crippen LogP contribution in [0.2, 0.25) is 0 Å². The maximum atomic E-state index is 11.7. The van der Waals surface area contributed by atoms with Crippen molar-refractivity contribution in [3.8, 4) is 0 Å². The highest BCUT2D eigenvalue weighted by Gasteiger charge is 2.11. The normalized spacial score (nSPS) is 11.9. The van der Waals surface area contributed by atoms with E-state index in [1.165, 1.54) is 36.3 Å². The molecule has 0 fully saturated rings. The second kappa shape index (κ2) is 4.63. The van der Waals surface area contributed by atoms with E-state index in [4.69, 9.17) is 0 Å². The van der Waals surface area contributed by atoms with Crippen LogP contribution < -0.4 is 0 Å². The molecule has 5 rings (SSSR count). The number of benzene rings is 3. The van der Waals surface area contributed by atoms with E-state index in [2.05, 4.69) is 47.8 Å². The fourth-order valence-electron chi connectivity index (χ4n) is 3.32. The maximum Gasteiger partial charge on any atom is 0.169 e. The molecule has 0 N–H and O–H groups in total. The fourth-order valence-corrected chi connectivity index (χ4v) is 5.33. The Hall–Kier alpha value is -2.23. The van der Waals surface area contributed by atoms with Crippen LogP contribution in [0.15, 0.2) is 53.9 Å². The molecule has 0 saturated heterocycles. The summed E-state index contributed by atoms with van der Waals surface area (Å²) < 4.78 is 2.56. The number of carbonyl (C=O) groups is 1. The van der Waals surface area contributed by atoms with Crippen molar-refractivity contribution in [2.75, 3.05) is 0 Å². The Bertz CT molecular complexity index is 1240. The van der Waals surface area contributed by atoms with E-state index in [1.807, 2.05) is 6.07 Å². The lowest BCUT2D eigenvalue weighted by Crippen LogP contribution is -1.83. The number of rotatable bonds is 1. The molecule has 0 aliphatic carbocycles. The maximum absolute atomic E-state index is 11.7. The summed E-state index contributed by atoms with van der Waals surface area (Å²) in [6, 6.07) is 17.4. The van der Waals surface area contributed by atoms with E-state index in [1.54, 1.807) is 29.6 Å². The highest BCUT2D eigenvalue weighted by molar-refractivity contribution is 7.21. The van der Waals surface area contributed by atoms with Crippen LogP contribution in [-0.4, -0.2) is 5.78 Å². The molecule has 0 bridgehead atoms. The third-order valence-electron chi connectivity index (χ3n) is 4.44. The number of Topliss-reactive ketones (excluding diaryl/α,β-unsaturated/α-hetero) is 1. The van der Waals surface area contributed by atoms with Crippen LogP contribution >= 0.6 is 22.7 Å². The Morgan fingerprint density at radius 3 is 2.17 bits per heavy atom. The molecule has 1 nitrogen and oxygen atoms in total. The molecule has 2 aromatic heterocycles. The van der Waals surface area contributed by atoms with Gasteiger partial charge in [0.15, 0.2) is 5.78 Å². The van der Waals surface area contributed by atoms with E-state index in [0.29, 0.717) is 0 Å². The van der Waals surface area contributed by atoms with Gasteiger partial charge in [-0.1, -0.05) is 36.4 Å². The molecule has 0 spiro atoms. The number of hydrogen-bond acceptors (Lipinski definition) is 3. The van der Waals surface area contributed by atoms with Crippen molar-refractivity contribution < 1.29 is 4.79 Å². The summed E-state index contributed by atoms with van der Waals surface area (Å²) in [5.41, 5.74) is 0. The van der Waals surface area contributed by atoms with Crippen LogP contribution in [0.5, 0.6) is 0 Å². The molecule has 2 heterocycles. The van der Waals surface area contributed by atoms with Crippen molar-refractivity contribution in [1.82, 2.24) is 0 Å². The first kappa shape index (κ1) is 13.2. The minimum Gasteiger partial charge on any atom is -0.294 e. The topological polar surface area (TPSA) is 17.1 Å². The van der Waals surface area contributed by atoms with Gasteiger partial charge in [0.05, 0.1) is 4.88 Å². The third-order valence-corrected chi connectivity index (χ3v) is 6.69. The first-order valence-corrected chi connectivity index (χ1v) is 9.18. The smallest absolute Gasteiger partial charge is 0.169 e. The van der Waals surface area contributed by atoms with E-state index >= 15 is 0 Å². The summed E-state index contributed by atoms with van der Waals surface area (Å²) in [6.45, 7) is 1.63. The molecule has 0 aliphatic heterocycles. The zero-order chi connectivity index (χ0) is 15.6. The van der Waals surface area contributed by atoms with E-state index in [-0.39, 0.29) is 5.78 Å². The summed E-state index contributed by atoms with van der Waals surface area (Å²) in [4.78, 5) is 12.5. The second-order valence-corrected chi connectivity index (χ2v) is 7.78. The minimum atomic E-state index is 0.139. The third kappa shape index (κ3) is 1.81. The van der Waals surface area contributed by atoms with Crippen LogP contribution in [0.1, 0.15) is 16.6 Å². The van der Waals surface area contributed by atoms with Crippen molar-refractivity contribution >= 4 is 70.2 Å². The Morgan fingerprint density at radius 2 is 1.43 bits per heavy atom. The van der Waals surface area contributed by atoms with Crippen LogP contribution in [-0.2, 0) is 0 Å². The molecule has 0 atom stereocenters. The average molecular weight is 332 g/mol. The molecule has 5 aromatic rings. The van der Waals surface area contributed by atoms with Gasteiger partial charge in [-0.2, -0.15) is 0 Å². The molecule has 0 saturated carbocycles. The van der Waals surface area contributed by atoms with Crippen LogP contribution in [0, 0.1) is 0 Å². The summed E-state index contributed by atoms with van der Waals surface area (Å²) in [7, 11) is 0. The Morgan fingerprint density at radius 1 is 0.783 bits per heavy atom. The highest BCUT2D eigenvalue weighted by atomic mass is 32.1. The van der Waals surface area contributed by atoms with Gasteiger partial charge in [-0.25, -0.2) is 0 Å². The monoisotopic (exact) mass is 332 g/mol. The van der Waals surface area contributed by atoms with Gasteiger partial charge in [-0.3, -0.25) is 4.79 Å². The molecular formula is C20H12OS2. The number of carbonyl (C=O) groups excluding carboxylic acids is 1. The summed E-state index contributed by atoms with van der Waals surface area (Å²) >= 11 is 3.40. The second-order valence-electron chi connectivity index (χ2n) is 5.81. The van der Waals surface area contributed by atoms with Gasteiger partial charge in [-0.05, 0) is 46.0 Å². The lowest BCUT2D eigenvalue weighted by molar-refractivity contribution is 0.102. The first-order chi connectivity index (χ1) is 11.2. The zero-order valence-electron chi connectivity index (χ0n) is 12.4. The summed E-state index contributed by atoms with van der Waals surface area (Å²) in [5, 5.41) is 9.72. The van der Waals surface area contributed by atoms with Gasteiger partial charge in [0.1, 0.15) is 0 Å². The van der Waals surface area contributed by atoms with E-state index in [0.717, 1.165) is 10.3 Å². The Labute approximate surface area is 140 Å². The summed E-state index contributed by atoms with van der Waals surface area (Å²) in [5.74, 6) is 0.139. The van der Waals surface area contributed by atoms with Crippen LogP contribution in [0.4, 0.5) is 0 Å². The molecule has 3 heteroatoms. The first-order valence-electron chi connectivity index (χ1n) is 7.48. The van der Waals surface area contributed by atoms with Crippen molar-refractivity contribution in [3.63, 3.8) is 0 Å². The van der Waals surface area contributed by atoms with Crippen molar-refractivity contribution in [1.29, 1.82) is 0 Å². The number of hydrogen-bond donors (Lipinski definition) is 0. The lowest BCUT2D eigenvalue weighted by atomic mass is 10.00. The lowest BCUT2D eigenvalue weighted by Gasteiger charge is -2.06. The SMILES string of the molecule is CC(=O)c1cc2ccc3c4ccc5ccsc5c4ccc3c2s1. The van der Waals surface area contributed by atoms with Crippen molar-refractivity contribution in [3.05, 3.63) is 58.8 Å². The molecule has 0 unspecified atom stereocenters. The number of thiophene rings is 2. The number of ketones is 1. The van der Waals surface area contributed by atoms with Gasteiger partial charge in [0.25, 0.3) is 0 Å². The molecule has 23 heavy (non-hydrogen) atoms. The predicted octanol–water partition coefficient (Wildman–Crippen LogP) is 6.63. The predicted molar refractivity (Wildman–Crippen MR) is 102 cm³/mol. The van der Waals surface area contributed by atoms with Gasteiger partial charge < -0.3 is 0 Å². The fraction of sp³-hybridized carbons (Fsp3) is 0.0500. The van der Waals surface area contributed by atoms with Crippen molar-refractivity contribution in [2.24, 2.45) is 0 Å². The molecule has 0 amide bonds. The highest BCUT2D eigenvalue weighted by Crippen LogP contribution is 2.38. The molecule has 0 radical (unpaired) electrons. The van der Waals surface area contributed by atoms with E-state index < -0.39 is 0 Å². The largest absolute Gasteiger partial charge is 0.294 e. The average Bonchev–Trinajstić information content (AvgIpc) is 3.20. The van der Waals surface area contributed by atoms with Gasteiger partial charge in [0, 0.05) is 20.2 Å². The van der Waals surface area contributed by atoms with Gasteiger partial charge >= 0.3 is 0 Å². The number of fused-ring (bicyclic) bond motifs is 7. The standard InChI is InChI=1S/C20H12OS2/c1-11(21)18-10-13-3-5-15-14-4-2-12-8-9-22-19(12)16(14)6-7-17(15)20(13)23-18/h2-10H,1H3. The van der Waals surface area contributed by atoms with Crippen molar-refractivity contribution in [2.45, 2.75) is 6.92 Å². The van der Waals surface area contributed by atoms with Gasteiger partial charge in [0.2, 0.25) is 0 Å². The molecule has 3 aromatic carbocycles. The molecule has 110 valence electrons. The minimum absolute atomic E-state index is 0.139. The Kier molecular flexibility index (Phi) is 2.67. The van der Waals surface area contributed by atoms with Crippen LogP contribution in [0.3, 0.4) is 0 Å². The van der Waals surface area contributed by atoms with Crippen LogP contribution in [0.25, 0.3) is 41.7 Å². The molecule has 0 aliphatic rings. The Balaban J connectivity index is 1.97. The molecular weight excluding hydrogens is 320 g/mol.